The smallest absolute Gasteiger partial charge is 0.253 e. The minimum atomic E-state index is -0.333. The van der Waals surface area contributed by atoms with E-state index >= 15 is 0 Å². The summed E-state index contributed by atoms with van der Waals surface area (Å²) >= 11 is 6.00. The Morgan fingerprint density at radius 2 is 1.80 bits per heavy atom. The molecule has 3 aromatic rings. The summed E-state index contributed by atoms with van der Waals surface area (Å²) in [5.74, 6) is 0.145. The number of hydrogen-bond donors (Lipinski definition) is 2. The Kier molecular flexibility index (Phi) is 8.88. The van der Waals surface area contributed by atoms with Crippen LogP contribution in [0, 0.1) is 0 Å². The van der Waals surface area contributed by atoms with Crippen molar-refractivity contribution in [1.82, 2.24) is 10.2 Å². The van der Waals surface area contributed by atoms with Crippen molar-refractivity contribution >= 4 is 40.7 Å². The number of rotatable bonds is 10. The zero-order valence-corrected chi connectivity index (χ0v) is 20.5. The summed E-state index contributed by atoms with van der Waals surface area (Å²) in [5.41, 5.74) is 1.25. The number of nitrogens with zero attached hydrogens (tertiary/aromatic N) is 2. The Morgan fingerprint density at radius 3 is 2.51 bits per heavy atom. The van der Waals surface area contributed by atoms with Gasteiger partial charge in [-0.1, -0.05) is 23.7 Å². The van der Waals surface area contributed by atoms with Gasteiger partial charge in [0.15, 0.2) is 0 Å². The third-order valence-corrected chi connectivity index (χ3v) is 5.38. The van der Waals surface area contributed by atoms with Gasteiger partial charge in [0.1, 0.15) is 11.5 Å². The number of hydrogen-bond acceptors (Lipinski definition) is 6. The molecule has 9 nitrogen and oxygen atoms in total. The Labute approximate surface area is 208 Å². The van der Waals surface area contributed by atoms with E-state index in [9.17, 15) is 14.4 Å². The predicted octanol–water partition coefficient (Wildman–Crippen LogP) is 3.40. The van der Waals surface area contributed by atoms with E-state index in [1.165, 1.54) is 18.3 Å². The zero-order chi connectivity index (χ0) is 25.4. The van der Waals surface area contributed by atoms with Gasteiger partial charge in [0.25, 0.3) is 5.91 Å². The zero-order valence-electron chi connectivity index (χ0n) is 19.7. The topological polar surface area (TPSA) is 104 Å². The van der Waals surface area contributed by atoms with E-state index in [0.29, 0.717) is 33.5 Å². The van der Waals surface area contributed by atoms with Gasteiger partial charge in [-0.25, -0.2) is 0 Å². The molecule has 0 saturated heterocycles. The standard InChI is InChI=1S/C25H27ClN4O5/c1-29(15-23(31)28-20-13-17(26)10-11-22(20)34-3)16-24(32)30(2)21-9-5-4-8-19(21)25(33)27-14-18-7-6-12-35-18/h4-13H,14-16H2,1-3H3,(H,27,33)(H,28,31). The van der Waals surface area contributed by atoms with Gasteiger partial charge in [0.05, 0.1) is 49.9 Å². The van der Waals surface area contributed by atoms with Gasteiger partial charge in [-0.2, -0.15) is 0 Å². The maximum atomic E-state index is 12.9. The Morgan fingerprint density at radius 1 is 1.03 bits per heavy atom. The van der Waals surface area contributed by atoms with Crippen molar-refractivity contribution in [2.24, 2.45) is 0 Å². The number of amides is 3. The lowest BCUT2D eigenvalue weighted by Crippen LogP contribution is -2.40. The van der Waals surface area contributed by atoms with Crippen LogP contribution in [0.25, 0.3) is 0 Å². The Hall–Kier alpha value is -3.82. The molecule has 1 heterocycles. The van der Waals surface area contributed by atoms with Crippen LogP contribution in [-0.2, 0) is 16.1 Å². The third kappa shape index (κ3) is 7.08. The molecule has 0 bridgehead atoms. The van der Waals surface area contributed by atoms with Crippen molar-refractivity contribution < 1.29 is 23.5 Å². The maximum absolute atomic E-state index is 12.9. The molecule has 3 amide bonds. The highest BCUT2D eigenvalue weighted by Gasteiger charge is 2.20. The van der Waals surface area contributed by atoms with Crippen molar-refractivity contribution in [3.05, 3.63) is 77.2 Å². The second-order valence-corrected chi connectivity index (χ2v) is 8.23. The average Bonchev–Trinajstić information content (AvgIpc) is 3.35. The first kappa shape index (κ1) is 25.8. The van der Waals surface area contributed by atoms with E-state index in [1.54, 1.807) is 73.6 Å². The minimum absolute atomic E-state index is 0.0411. The number of carbonyl (C=O) groups excluding carboxylic acids is 3. The Bertz CT molecular complexity index is 1180. The average molecular weight is 499 g/mol. The summed E-state index contributed by atoms with van der Waals surface area (Å²) in [7, 11) is 4.74. The van der Waals surface area contributed by atoms with E-state index in [1.807, 2.05) is 0 Å². The number of halogens is 1. The first-order valence-electron chi connectivity index (χ1n) is 10.8. The molecule has 10 heteroatoms. The van der Waals surface area contributed by atoms with Gasteiger partial charge >= 0.3 is 0 Å². The molecule has 0 unspecified atom stereocenters. The summed E-state index contributed by atoms with van der Waals surface area (Å²) in [6.07, 6.45) is 1.53. The largest absolute Gasteiger partial charge is 0.495 e. The lowest BCUT2D eigenvalue weighted by molar-refractivity contribution is -0.120. The third-order valence-electron chi connectivity index (χ3n) is 5.14. The van der Waals surface area contributed by atoms with Gasteiger partial charge in [0, 0.05) is 12.1 Å². The molecule has 0 fully saturated rings. The molecule has 0 aliphatic rings. The number of methoxy groups -OCH3 is 1. The van der Waals surface area contributed by atoms with E-state index in [-0.39, 0.29) is 37.4 Å². The highest BCUT2D eigenvalue weighted by molar-refractivity contribution is 6.31. The van der Waals surface area contributed by atoms with Crippen molar-refractivity contribution in [3.63, 3.8) is 0 Å². The number of likely N-dealkylation sites (N-methyl/N-ethyl adjacent to an activating group) is 2. The number of benzene rings is 2. The number of furan rings is 1. The summed E-state index contributed by atoms with van der Waals surface area (Å²) in [5, 5.41) is 5.98. The van der Waals surface area contributed by atoms with Crippen LogP contribution in [0.5, 0.6) is 5.75 Å². The minimum Gasteiger partial charge on any atom is -0.495 e. The Balaban J connectivity index is 1.59. The normalized spacial score (nSPS) is 10.7. The van der Waals surface area contributed by atoms with Crippen LogP contribution >= 0.6 is 11.6 Å². The van der Waals surface area contributed by atoms with Gasteiger partial charge in [-0.3, -0.25) is 19.3 Å². The van der Waals surface area contributed by atoms with Crippen LogP contribution in [0.2, 0.25) is 5.02 Å². The first-order valence-corrected chi connectivity index (χ1v) is 11.1. The molecule has 0 radical (unpaired) electrons. The number of ether oxygens (including phenoxy) is 1. The SMILES string of the molecule is COc1ccc(Cl)cc1NC(=O)CN(C)CC(=O)N(C)c1ccccc1C(=O)NCc1ccco1. The molecule has 0 atom stereocenters. The van der Waals surface area contributed by atoms with Crippen molar-refractivity contribution in [1.29, 1.82) is 0 Å². The van der Waals surface area contributed by atoms with Gasteiger partial charge in [0.2, 0.25) is 11.8 Å². The lowest BCUT2D eigenvalue weighted by Gasteiger charge is -2.23. The molecule has 0 aliphatic carbocycles. The van der Waals surface area contributed by atoms with Crippen molar-refractivity contribution in [3.8, 4) is 5.75 Å². The summed E-state index contributed by atoms with van der Waals surface area (Å²) in [4.78, 5) is 41.1. The molecule has 0 aliphatic heterocycles. The van der Waals surface area contributed by atoms with Gasteiger partial charge < -0.3 is 24.7 Å². The van der Waals surface area contributed by atoms with E-state index in [4.69, 9.17) is 20.8 Å². The van der Waals surface area contributed by atoms with Crippen LogP contribution in [0.15, 0.2) is 65.3 Å². The molecule has 1 aromatic heterocycles. The summed E-state index contributed by atoms with van der Waals surface area (Å²) < 4.78 is 10.5. The quantitative estimate of drug-likeness (QED) is 0.444. The fraction of sp³-hybridized carbons (Fsp3) is 0.240. The molecular weight excluding hydrogens is 472 g/mol. The number of para-hydroxylation sites is 1. The molecule has 0 spiro atoms. The monoisotopic (exact) mass is 498 g/mol. The van der Waals surface area contributed by atoms with E-state index < -0.39 is 0 Å². The number of anilines is 2. The second kappa shape index (κ2) is 12.0. The summed E-state index contributed by atoms with van der Waals surface area (Å²) in [6.45, 7) is 0.145. The maximum Gasteiger partial charge on any atom is 0.253 e. The van der Waals surface area contributed by atoms with Crippen molar-refractivity contribution in [2.45, 2.75) is 6.54 Å². The number of nitrogens with one attached hydrogen (secondary N) is 2. The predicted molar refractivity (Wildman–Crippen MR) is 134 cm³/mol. The molecule has 184 valence electrons. The van der Waals surface area contributed by atoms with E-state index in [2.05, 4.69) is 10.6 Å². The molecule has 3 rings (SSSR count). The van der Waals surface area contributed by atoms with Crippen molar-refractivity contribution in [2.75, 3.05) is 44.5 Å². The van der Waals surface area contributed by atoms with Crippen LogP contribution in [-0.4, -0.2) is 56.9 Å². The van der Waals surface area contributed by atoms with E-state index in [0.717, 1.165) is 0 Å². The molecule has 2 aromatic carbocycles. The van der Waals surface area contributed by atoms with Gasteiger partial charge in [-0.15, -0.1) is 0 Å². The number of carbonyl (C=O) groups is 3. The molecular formula is C25H27ClN4O5. The van der Waals surface area contributed by atoms with Crippen LogP contribution < -0.4 is 20.3 Å². The second-order valence-electron chi connectivity index (χ2n) is 7.80. The summed E-state index contributed by atoms with van der Waals surface area (Å²) in [6, 6.07) is 15.2. The lowest BCUT2D eigenvalue weighted by atomic mass is 10.1. The van der Waals surface area contributed by atoms with Crippen LogP contribution in [0.3, 0.4) is 0 Å². The molecule has 2 N–H and O–H groups in total. The highest BCUT2D eigenvalue weighted by atomic mass is 35.5. The molecule has 0 saturated carbocycles. The van der Waals surface area contributed by atoms with Crippen LogP contribution in [0.4, 0.5) is 11.4 Å². The molecule has 35 heavy (non-hydrogen) atoms. The first-order chi connectivity index (χ1) is 16.8. The fourth-order valence-electron chi connectivity index (χ4n) is 3.37. The highest BCUT2D eigenvalue weighted by Crippen LogP contribution is 2.27. The fourth-order valence-corrected chi connectivity index (χ4v) is 3.55. The van der Waals surface area contributed by atoms with Crippen LogP contribution in [0.1, 0.15) is 16.1 Å². The van der Waals surface area contributed by atoms with Gasteiger partial charge in [-0.05, 0) is 49.5 Å².